The van der Waals surface area contributed by atoms with E-state index < -0.39 is 18.1 Å². The van der Waals surface area contributed by atoms with Gasteiger partial charge in [0.05, 0.1) is 11.7 Å². The number of carboxylic acid groups (broad SMARTS) is 1. The molecule has 0 radical (unpaired) electrons. The second-order valence-electron chi connectivity index (χ2n) is 3.36. The molecule has 6 nitrogen and oxygen atoms in total. The second kappa shape index (κ2) is 5.61. The molecule has 0 spiro atoms. The molecule has 90 valence electrons. The molecule has 0 aliphatic rings. The minimum atomic E-state index is -1.21. The monoisotopic (exact) mass is 299 g/mol. The number of nitrogens with zero attached hydrogens (tertiary/aromatic N) is 2. The number of halogens is 1. The molecule has 0 bridgehead atoms. The molecule has 1 heterocycles. The van der Waals surface area contributed by atoms with Crippen LogP contribution < -0.4 is 5.32 Å². The van der Waals surface area contributed by atoms with Gasteiger partial charge in [-0.1, -0.05) is 0 Å². The largest absolute Gasteiger partial charge is 0.480 e. The van der Waals surface area contributed by atoms with Crippen LogP contribution in [0.3, 0.4) is 0 Å². The number of aliphatic hydroxyl groups is 1. The van der Waals surface area contributed by atoms with Crippen LogP contribution in [0.25, 0.3) is 0 Å². The van der Waals surface area contributed by atoms with Crippen LogP contribution >= 0.6 is 15.9 Å². The van der Waals surface area contributed by atoms with Crippen molar-refractivity contribution in [2.75, 3.05) is 5.32 Å². The third kappa shape index (κ3) is 3.41. The lowest BCUT2D eigenvalue weighted by Crippen LogP contribution is -2.39. The fourth-order valence-electron chi connectivity index (χ4n) is 1.18. The van der Waals surface area contributed by atoms with Gasteiger partial charge in [0.1, 0.15) is 11.9 Å². The summed E-state index contributed by atoms with van der Waals surface area (Å²) in [4.78, 5) is 14.8. The lowest BCUT2D eigenvalue weighted by atomic mass is 10.1. The van der Waals surface area contributed by atoms with Crippen LogP contribution in [0, 0.1) is 11.3 Å². The SMILES string of the molecule is CC(O)C(Nc1ncc(Br)cc1C#N)C(=O)O. The lowest BCUT2D eigenvalue weighted by Gasteiger charge is -2.18. The van der Waals surface area contributed by atoms with E-state index in [1.807, 2.05) is 6.07 Å². The van der Waals surface area contributed by atoms with Gasteiger partial charge in [0.25, 0.3) is 0 Å². The van der Waals surface area contributed by atoms with Gasteiger partial charge in [-0.15, -0.1) is 0 Å². The molecule has 0 aliphatic heterocycles. The van der Waals surface area contributed by atoms with Gasteiger partial charge in [-0.25, -0.2) is 9.78 Å². The number of carboxylic acids is 1. The minimum Gasteiger partial charge on any atom is -0.480 e. The molecule has 0 aromatic carbocycles. The highest BCUT2D eigenvalue weighted by Gasteiger charge is 2.24. The number of nitrogens with one attached hydrogen (secondary N) is 1. The third-order valence-electron chi connectivity index (χ3n) is 2.02. The van der Waals surface area contributed by atoms with Crippen LogP contribution in [0.4, 0.5) is 5.82 Å². The zero-order valence-corrected chi connectivity index (χ0v) is 10.5. The van der Waals surface area contributed by atoms with E-state index in [-0.39, 0.29) is 11.4 Å². The summed E-state index contributed by atoms with van der Waals surface area (Å²) in [6, 6.07) is 2.19. The summed E-state index contributed by atoms with van der Waals surface area (Å²) in [6.07, 6.45) is 0.328. The number of anilines is 1. The van der Waals surface area contributed by atoms with E-state index >= 15 is 0 Å². The van der Waals surface area contributed by atoms with Crippen molar-refractivity contribution in [2.24, 2.45) is 0 Å². The van der Waals surface area contributed by atoms with Crippen LogP contribution in [-0.2, 0) is 4.79 Å². The van der Waals surface area contributed by atoms with Gasteiger partial charge >= 0.3 is 5.97 Å². The molecule has 0 aliphatic carbocycles. The summed E-state index contributed by atoms with van der Waals surface area (Å²) in [5.41, 5.74) is 0.200. The zero-order valence-electron chi connectivity index (χ0n) is 8.88. The van der Waals surface area contributed by atoms with Crippen molar-refractivity contribution in [2.45, 2.75) is 19.1 Å². The Labute approximate surface area is 106 Å². The number of rotatable bonds is 4. The van der Waals surface area contributed by atoms with Crippen molar-refractivity contribution < 1.29 is 15.0 Å². The van der Waals surface area contributed by atoms with Gasteiger partial charge in [-0.05, 0) is 28.9 Å². The van der Waals surface area contributed by atoms with Crippen molar-refractivity contribution in [1.29, 1.82) is 5.26 Å². The van der Waals surface area contributed by atoms with Crippen molar-refractivity contribution in [1.82, 2.24) is 4.98 Å². The number of nitriles is 1. The first-order chi connectivity index (χ1) is 7.95. The number of aliphatic carboxylic acids is 1. The number of carbonyl (C=O) groups is 1. The summed E-state index contributed by atoms with van der Waals surface area (Å²) in [5, 5.41) is 29.6. The Morgan fingerprint density at radius 3 is 2.82 bits per heavy atom. The minimum absolute atomic E-state index is 0.129. The predicted molar refractivity (Wildman–Crippen MR) is 63.4 cm³/mol. The van der Waals surface area contributed by atoms with Gasteiger partial charge in [-0.3, -0.25) is 0 Å². The molecule has 7 heteroatoms. The van der Waals surface area contributed by atoms with Crippen LogP contribution in [-0.4, -0.2) is 33.3 Å². The Kier molecular flexibility index (Phi) is 4.43. The average molecular weight is 300 g/mol. The van der Waals surface area contributed by atoms with Crippen LogP contribution in [0.2, 0.25) is 0 Å². The quantitative estimate of drug-likeness (QED) is 0.764. The average Bonchev–Trinajstić information content (AvgIpc) is 2.26. The number of aliphatic hydroxyl groups excluding tert-OH is 1. The summed E-state index contributed by atoms with van der Waals surface area (Å²) >= 11 is 3.15. The number of hydrogen-bond donors (Lipinski definition) is 3. The Hall–Kier alpha value is -1.65. The van der Waals surface area contributed by atoms with Crippen LogP contribution in [0.5, 0.6) is 0 Å². The van der Waals surface area contributed by atoms with E-state index in [0.29, 0.717) is 4.47 Å². The molecule has 1 rings (SSSR count). The van der Waals surface area contributed by atoms with Crippen LogP contribution in [0.1, 0.15) is 12.5 Å². The fraction of sp³-hybridized carbons (Fsp3) is 0.300. The molecule has 2 unspecified atom stereocenters. The van der Waals surface area contributed by atoms with Crippen LogP contribution in [0.15, 0.2) is 16.7 Å². The van der Waals surface area contributed by atoms with Gasteiger partial charge in [0.2, 0.25) is 0 Å². The van der Waals surface area contributed by atoms with E-state index in [1.54, 1.807) is 0 Å². The number of pyridine rings is 1. The van der Waals surface area contributed by atoms with Gasteiger partial charge < -0.3 is 15.5 Å². The lowest BCUT2D eigenvalue weighted by molar-refractivity contribution is -0.140. The summed E-state index contributed by atoms with van der Waals surface area (Å²) in [5.74, 6) is -1.09. The molecule has 0 amide bonds. The molecular formula is C10H10BrN3O3. The maximum absolute atomic E-state index is 10.9. The van der Waals surface area contributed by atoms with Crippen molar-refractivity contribution in [3.63, 3.8) is 0 Å². The van der Waals surface area contributed by atoms with Crippen molar-refractivity contribution >= 4 is 27.7 Å². The van der Waals surface area contributed by atoms with Gasteiger partial charge in [0, 0.05) is 10.7 Å². The zero-order chi connectivity index (χ0) is 13.0. The number of hydrogen-bond acceptors (Lipinski definition) is 5. The van der Waals surface area contributed by atoms with Crippen molar-refractivity contribution in [3.05, 3.63) is 22.3 Å². The molecule has 3 N–H and O–H groups in total. The van der Waals surface area contributed by atoms with E-state index in [4.69, 9.17) is 10.4 Å². The smallest absolute Gasteiger partial charge is 0.328 e. The first kappa shape index (κ1) is 13.4. The Morgan fingerprint density at radius 1 is 1.71 bits per heavy atom. The summed E-state index contributed by atoms with van der Waals surface area (Å²) < 4.78 is 0.614. The predicted octanol–water partition coefficient (Wildman–Crippen LogP) is 0.962. The molecule has 17 heavy (non-hydrogen) atoms. The Balaban J connectivity index is 3.02. The van der Waals surface area contributed by atoms with Gasteiger partial charge in [0.15, 0.2) is 6.04 Å². The maximum Gasteiger partial charge on any atom is 0.328 e. The Morgan fingerprint density at radius 2 is 2.35 bits per heavy atom. The van der Waals surface area contributed by atoms with E-state index in [0.717, 1.165) is 0 Å². The molecule has 0 saturated carbocycles. The third-order valence-corrected chi connectivity index (χ3v) is 2.45. The van der Waals surface area contributed by atoms with E-state index in [1.165, 1.54) is 19.2 Å². The Bertz CT molecular complexity index is 470. The first-order valence-electron chi connectivity index (χ1n) is 4.68. The molecule has 1 aromatic rings. The molecule has 0 fully saturated rings. The molecule has 0 saturated heterocycles. The maximum atomic E-state index is 10.9. The van der Waals surface area contributed by atoms with E-state index in [9.17, 15) is 9.90 Å². The van der Waals surface area contributed by atoms with Gasteiger partial charge in [-0.2, -0.15) is 5.26 Å². The fourth-order valence-corrected chi connectivity index (χ4v) is 1.51. The summed E-state index contributed by atoms with van der Waals surface area (Å²) in [7, 11) is 0. The second-order valence-corrected chi connectivity index (χ2v) is 4.28. The summed E-state index contributed by atoms with van der Waals surface area (Å²) in [6.45, 7) is 1.34. The highest BCUT2D eigenvalue weighted by Crippen LogP contribution is 2.18. The van der Waals surface area contributed by atoms with Crippen molar-refractivity contribution in [3.8, 4) is 6.07 Å². The highest BCUT2D eigenvalue weighted by atomic mass is 79.9. The molecule has 2 atom stereocenters. The first-order valence-corrected chi connectivity index (χ1v) is 5.48. The normalized spacial score (nSPS) is 13.5. The topological polar surface area (TPSA) is 106 Å². The molecular weight excluding hydrogens is 290 g/mol. The highest BCUT2D eigenvalue weighted by molar-refractivity contribution is 9.10. The van der Waals surface area contributed by atoms with E-state index in [2.05, 4.69) is 26.2 Å². The molecule has 1 aromatic heterocycles. The number of aromatic nitrogens is 1. The standard InChI is InChI=1S/C10H10BrN3O3/c1-5(15)8(10(16)17)14-9-6(3-12)2-7(11)4-13-9/h2,4-5,8,15H,1H3,(H,13,14)(H,16,17).